The molecule has 1 spiro atoms. The van der Waals surface area contributed by atoms with Gasteiger partial charge in [0.15, 0.2) is 0 Å². The highest BCUT2D eigenvalue weighted by Crippen LogP contribution is 2.53. The number of likely N-dealkylation sites (tertiary alicyclic amines) is 1. The lowest BCUT2D eigenvalue weighted by molar-refractivity contribution is -0.164. The number of benzene rings is 2. The number of cyclic esters (lactones) is 1. The van der Waals surface area contributed by atoms with Crippen LogP contribution in [0.4, 0.5) is 5.69 Å². The highest BCUT2D eigenvalue weighted by molar-refractivity contribution is 6.06. The SMILES string of the molecule is Cc1ccc(C)c(N2CC=C[C@@]34O[C@H]5/C=C\CCC(=O)N(C)[C@@H](C)[C@H](c6ccccc6)OC(=O)[C@H]5[C@@H]3C(=O)N(CCCCCCO)[C@H]4C2=O)c1. The van der Waals surface area contributed by atoms with Crippen LogP contribution in [0.25, 0.3) is 0 Å². The Morgan fingerprint density at radius 2 is 1.70 bits per heavy atom. The number of carbonyl (C=O) groups excluding carboxylic acids is 4. The van der Waals surface area contributed by atoms with Gasteiger partial charge in [0.25, 0.3) is 5.91 Å². The molecular weight excluding hydrogens is 634 g/mol. The number of unbranched alkanes of at least 4 members (excludes halogenated alkanes) is 3. The summed E-state index contributed by atoms with van der Waals surface area (Å²) in [5, 5.41) is 9.30. The Morgan fingerprint density at radius 3 is 2.46 bits per heavy atom. The lowest BCUT2D eigenvalue weighted by atomic mass is 9.77. The van der Waals surface area contributed by atoms with Crippen molar-refractivity contribution in [2.24, 2.45) is 11.8 Å². The number of hydrogen-bond donors (Lipinski definition) is 1. The van der Waals surface area contributed by atoms with Gasteiger partial charge in [-0.05, 0) is 62.8 Å². The number of aryl methyl sites for hydroxylation is 2. The van der Waals surface area contributed by atoms with Crippen molar-refractivity contribution >= 4 is 29.4 Å². The maximum Gasteiger partial charge on any atom is 0.313 e. The van der Waals surface area contributed by atoms with Crippen molar-refractivity contribution in [3.05, 3.63) is 89.5 Å². The Kier molecular flexibility index (Phi) is 10.6. The maximum atomic E-state index is 14.9. The van der Waals surface area contributed by atoms with Gasteiger partial charge in [-0.2, -0.15) is 0 Å². The number of likely N-dealkylation sites (N-methyl/N-ethyl adjacent to an activating group) is 1. The van der Waals surface area contributed by atoms with Crippen molar-refractivity contribution in [1.82, 2.24) is 9.80 Å². The summed E-state index contributed by atoms with van der Waals surface area (Å²) in [6, 6.07) is 13.8. The summed E-state index contributed by atoms with van der Waals surface area (Å²) in [6.45, 7) is 6.51. The van der Waals surface area contributed by atoms with Crippen LogP contribution in [0, 0.1) is 25.7 Å². The molecule has 4 aliphatic rings. The topological polar surface area (TPSA) is 117 Å². The van der Waals surface area contributed by atoms with Gasteiger partial charge < -0.3 is 29.3 Å². The average Bonchev–Trinajstić information content (AvgIpc) is 3.49. The highest BCUT2D eigenvalue weighted by atomic mass is 16.6. The number of aliphatic hydroxyl groups excluding tert-OH is 1. The summed E-state index contributed by atoms with van der Waals surface area (Å²) < 4.78 is 13.3. The lowest BCUT2D eigenvalue weighted by Gasteiger charge is -2.36. The largest absolute Gasteiger partial charge is 0.455 e. The first-order chi connectivity index (χ1) is 24.1. The van der Waals surface area contributed by atoms with E-state index in [1.807, 2.05) is 87.5 Å². The van der Waals surface area contributed by atoms with Gasteiger partial charge in [-0.3, -0.25) is 19.2 Å². The summed E-state index contributed by atoms with van der Waals surface area (Å²) in [5.41, 5.74) is 2.04. The third-order valence-electron chi connectivity index (χ3n) is 10.9. The van der Waals surface area contributed by atoms with E-state index in [-0.39, 0.29) is 37.3 Å². The van der Waals surface area contributed by atoms with Crippen LogP contribution < -0.4 is 4.90 Å². The van der Waals surface area contributed by atoms with E-state index in [0.29, 0.717) is 25.8 Å². The van der Waals surface area contributed by atoms with Gasteiger partial charge in [0.1, 0.15) is 23.7 Å². The predicted octanol–water partition coefficient (Wildman–Crippen LogP) is 4.82. The summed E-state index contributed by atoms with van der Waals surface area (Å²) >= 11 is 0. The van der Waals surface area contributed by atoms with E-state index in [1.54, 1.807) is 27.8 Å². The van der Waals surface area contributed by atoms with Gasteiger partial charge >= 0.3 is 5.97 Å². The zero-order valence-corrected chi connectivity index (χ0v) is 29.5. The van der Waals surface area contributed by atoms with Crippen molar-refractivity contribution in [2.45, 2.75) is 89.2 Å². The van der Waals surface area contributed by atoms with Gasteiger partial charge in [0.2, 0.25) is 11.8 Å². The van der Waals surface area contributed by atoms with E-state index in [4.69, 9.17) is 9.47 Å². The van der Waals surface area contributed by atoms with E-state index in [0.717, 1.165) is 35.2 Å². The molecule has 0 bridgehead atoms. The van der Waals surface area contributed by atoms with Crippen LogP contribution in [0.2, 0.25) is 0 Å². The van der Waals surface area contributed by atoms with Gasteiger partial charge in [-0.15, -0.1) is 0 Å². The third kappa shape index (κ3) is 6.51. The normalized spacial score (nSPS) is 30.6. The fourth-order valence-corrected chi connectivity index (χ4v) is 8.10. The fraction of sp³-hybridized carbons (Fsp3) is 0.500. The second-order valence-corrected chi connectivity index (χ2v) is 14.1. The zero-order valence-electron chi connectivity index (χ0n) is 29.5. The standard InChI is InChI=1S/C40H49N3O7/c1-26-19-20-27(2)30(25-26)42-23-14-21-40-34(37(46)43(36(40)38(42)47)22-12-5-6-13-24-44)33-31(50-40)17-10-11-18-32(45)41(4)28(3)35(49-39(33)48)29-15-8-7-9-16-29/h7-10,14-17,19-21,25,28,31,33-36,44H,5-6,11-13,18,22-24H2,1-4H3/b17-10-/t28-,31-,33+,34+,35+,36-,40+/m0/s1. The molecule has 0 unspecified atom stereocenters. The maximum absolute atomic E-state index is 14.9. The van der Waals surface area contributed by atoms with Crippen LogP contribution >= 0.6 is 0 Å². The van der Waals surface area contributed by atoms with E-state index in [1.165, 1.54) is 0 Å². The fourth-order valence-electron chi connectivity index (χ4n) is 8.10. The number of rotatable bonds is 8. The van der Waals surface area contributed by atoms with Gasteiger partial charge in [-0.25, -0.2) is 0 Å². The Balaban J connectivity index is 1.43. The molecule has 2 fully saturated rings. The second kappa shape index (κ2) is 14.9. The molecule has 266 valence electrons. The van der Waals surface area contributed by atoms with Crippen LogP contribution in [0.5, 0.6) is 0 Å². The Bertz CT molecular complexity index is 1660. The first-order valence-corrected chi connectivity index (χ1v) is 17.9. The van der Waals surface area contributed by atoms with Crippen LogP contribution in [0.1, 0.15) is 68.2 Å². The Morgan fingerprint density at radius 1 is 0.940 bits per heavy atom. The van der Waals surface area contributed by atoms with E-state index in [9.17, 15) is 24.3 Å². The van der Waals surface area contributed by atoms with Gasteiger partial charge in [0, 0.05) is 38.9 Å². The predicted molar refractivity (Wildman–Crippen MR) is 189 cm³/mol. The molecule has 2 saturated heterocycles. The first kappa shape index (κ1) is 35.5. The summed E-state index contributed by atoms with van der Waals surface area (Å²) in [7, 11) is 1.72. The number of hydrogen-bond acceptors (Lipinski definition) is 7. The van der Waals surface area contributed by atoms with Crippen molar-refractivity contribution in [2.75, 3.05) is 31.6 Å². The minimum atomic E-state index is -1.41. The van der Waals surface area contributed by atoms with Crippen LogP contribution in [-0.2, 0) is 28.7 Å². The molecular formula is C40H49N3O7. The lowest BCUT2D eigenvalue weighted by Crippen LogP contribution is -2.55. The molecule has 10 heteroatoms. The molecule has 1 N–H and O–H groups in total. The summed E-state index contributed by atoms with van der Waals surface area (Å²) in [4.78, 5) is 62.4. The van der Waals surface area contributed by atoms with Crippen LogP contribution in [-0.4, -0.2) is 89.1 Å². The number of fused-ring (bicyclic) bond motifs is 2. The molecule has 7 atom stereocenters. The van der Waals surface area contributed by atoms with Gasteiger partial charge in [0.05, 0.1) is 18.1 Å². The molecule has 50 heavy (non-hydrogen) atoms. The molecule has 2 aromatic rings. The van der Waals surface area contributed by atoms with Crippen molar-refractivity contribution in [1.29, 1.82) is 0 Å². The smallest absolute Gasteiger partial charge is 0.313 e. The zero-order chi connectivity index (χ0) is 35.6. The number of ether oxygens (including phenoxy) is 2. The molecule has 4 heterocycles. The minimum Gasteiger partial charge on any atom is -0.455 e. The summed E-state index contributed by atoms with van der Waals surface area (Å²) in [6.07, 6.45) is 9.25. The highest BCUT2D eigenvalue weighted by Gasteiger charge is 2.71. The number of allylic oxidation sites excluding steroid dienone is 1. The molecule has 0 radical (unpaired) electrons. The molecule has 0 saturated carbocycles. The Hall–Kier alpha value is -4.28. The Labute approximate surface area is 294 Å². The average molecular weight is 684 g/mol. The number of nitrogens with zero attached hydrogens (tertiary/aromatic N) is 3. The van der Waals surface area contributed by atoms with Crippen LogP contribution in [0.3, 0.4) is 0 Å². The number of amides is 3. The molecule has 0 aliphatic carbocycles. The third-order valence-corrected chi connectivity index (χ3v) is 10.9. The van der Waals surface area contributed by atoms with E-state index >= 15 is 0 Å². The number of anilines is 1. The minimum absolute atomic E-state index is 0.0761. The van der Waals surface area contributed by atoms with Crippen LogP contribution in [0.15, 0.2) is 72.8 Å². The molecule has 4 aliphatic heterocycles. The number of carbonyl (C=O) groups is 4. The molecule has 6 rings (SSSR count). The van der Waals surface area contributed by atoms with Gasteiger partial charge in [-0.1, -0.05) is 79.6 Å². The quantitative estimate of drug-likeness (QED) is 0.241. The van der Waals surface area contributed by atoms with Crippen molar-refractivity contribution < 1.29 is 33.8 Å². The number of aliphatic hydroxyl groups is 1. The molecule has 0 aromatic heterocycles. The van der Waals surface area contributed by atoms with Crippen molar-refractivity contribution in [3.8, 4) is 0 Å². The summed E-state index contributed by atoms with van der Waals surface area (Å²) in [5.74, 6) is -3.26. The molecule has 2 aromatic carbocycles. The monoisotopic (exact) mass is 683 g/mol. The first-order valence-electron chi connectivity index (χ1n) is 17.9. The van der Waals surface area contributed by atoms with Crippen molar-refractivity contribution in [3.63, 3.8) is 0 Å². The molecule has 3 amide bonds. The number of esters is 1. The van der Waals surface area contributed by atoms with E-state index in [2.05, 4.69) is 0 Å². The second-order valence-electron chi connectivity index (χ2n) is 14.1. The van der Waals surface area contributed by atoms with E-state index < -0.39 is 47.7 Å². The molecule has 10 nitrogen and oxygen atoms in total.